The second-order valence-corrected chi connectivity index (χ2v) is 4.40. The number of carboxylic acid groups (broad SMARTS) is 1. The summed E-state index contributed by atoms with van der Waals surface area (Å²) in [4.78, 5) is 21.1. The summed E-state index contributed by atoms with van der Waals surface area (Å²) >= 11 is 0. The fraction of sp³-hybridized carbons (Fsp3) is 0.154. The van der Waals surface area contributed by atoms with Gasteiger partial charge < -0.3 is 14.2 Å². The van der Waals surface area contributed by atoms with Gasteiger partial charge in [0.25, 0.3) is 5.69 Å². The van der Waals surface area contributed by atoms with Crippen molar-refractivity contribution in [1.29, 1.82) is 0 Å². The van der Waals surface area contributed by atoms with E-state index in [2.05, 4.69) is 0 Å². The highest BCUT2D eigenvalue weighted by molar-refractivity contribution is 5.87. The van der Waals surface area contributed by atoms with Crippen LogP contribution in [0, 0.1) is 10.1 Å². The highest BCUT2D eigenvalue weighted by Crippen LogP contribution is 2.18. The summed E-state index contributed by atoms with van der Waals surface area (Å²) in [7, 11) is 3.36. The van der Waals surface area contributed by atoms with Gasteiger partial charge in [-0.1, -0.05) is 6.08 Å². The van der Waals surface area contributed by atoms with Crippen LogP contribution in [-0.2, 0) is 14.1 Å². The number of hydrogen-bond acceptors (Lipinski definition) is 3. The topological polar surface area (TPSA) is 90.3 Å². The van der Waals surface area contributed by atoms with Gasteiger partial charge in [0.1, 0.15) is 5.69 Å². The minimum Gasteiger partial charge on any atom is -0.477 e. The van der Waals surface area contributed by atoms with E-state index in [1.807, 2.05) is 0 Å². The average molecular weight is 275 g/mol. The van der Waals surface area contributed by atoms with Crippen molar-refractivity contribution in [2.75, 3.05) is 0 Å². The Balaban J connectivity index is 2.27. The quantitative estimate of drug-likeness (QED) is 0.683. The van der Waals surface area contributed by atoms with Crippen LogP contribution in [0.5, 0.6) is 0 Å². The SMILES string of the molecule is Cn1cc([N+](=O)[O-])cc1/C=C/c1cc(C(=O)O)n(C)c1. The summed E-state index contributed by atoms with van der Waals surface area (Å²) in [5.41, 5.74) is 1.58. The van der Waals surface area contributed by atoms with Crippen LogP contribution in [0.15, 0.2) is 24.5 Å². The first-order chi connectivity index (χ1) is 9.38. The molecular weight excluding hydrogens is 262 g/mol. The van der Waals surface area contributed by atoms with Crippen molar-refractivity contribution in [3.8, 4) is 0 Å². The summed E-state index contributed by atoms with van der Waals surface area (Å²) in [6, 6.07) is 2.99. The summed E-state index contributed by atoms with van der Waals surface area (Å²) in [6.45, 7) is 0. The minimum absolute atomic E-state index is 0.0198. The lowest BCUT2D eigenvalue weighted by atomic mass is 10.2. The molecule has 0 saturated carbocycles. The molecule has 0 aliphatic rings. The summed E-state index contributed by atoms with van der Waals surface area (Å²) in [5, 5.41) is 19.6. The molecule has 2 rings (SSSR count). The molecule has 0 spiro atoms. The number of hydrogen-bond donors (Lipinski definition) is 1. The maximum Gasteiger partial charge on any atom is 0.352 e. The van der Waals surface area contributed by atoms with E-state index in [1.54, 1.807) is 37.0 Å². The molecule has 0 aliphatic heterocycles. The van der Waals surface area contributed by atoms with Gasteiger partial charge in [0.15, 0.2) is 0 Å². The largest absolute Gasteiger partial charge is 0.477 e. The molecule has 20 heavy (non-hydrogen) atoms. The van der Waals surface area contributed by atoms with Crippen molar-refractivity contribution in [2.45, 2.75) is 0 Å². The molecule has 0 amide bonds. The van der Waals surface area contributed by atoms with E-state index in [0.717, 1.165) is 0 Å². The number of carboxylic acids is 1. The molecule has 0 aliphatic carbocycles. The Morgan fingerprint density at radius 1 is 1.25 bits per heavy atom. The van der Waals surface area contributed by atoms with Gasteiger partial charge in [0.05, 0.1) is 11.1 Å². The lowest BCUT2D eigenvalue weighted by Gasteiger charge is -1.93. The van der Waals surface area contributed by atoms with Crippen LogP contribution in [0.1, 0.15) is 21.7 Å². The third-order valence-electron chi connectivity index (χ3n) is 2.93. The Kier molecular flexibility index (Phi) is 3.43. The number of aryl methyl sites for hydroxylation is 2. The van der Waals surface area contributed by atoms with Gasteiger partial charge in [-0.2, -0.15) is 0 Å². The molecule has 2 heterocycles. The zero-order chi connectivity index (χ0) is 14.9. The summed E-state index contributed by atoms with van der Waals surface area (Å²) in [6.07, 6.45) is 6.52. The highest BCUT2D eigenvalue weighted by Gasteiger charge is 2.11. The van der Waals surface area contributed by atoms with E-state index in [1.165, 1.54) is 22.9 Å². The number of nitrogens with zero attached hydrogens (tertiary/aromatic N) is 3. The fourth-order valence-corrected chi connectivity index (χ4v) is 1.90. The van der Waals surface area contributed by atoms with E-state index >= 15 is 0 Å². The molecule has 0 atom stereocenters. The third-order valence-corrected chi connectivity index (χ3v) is 2.93. The average Bonchev–Trinajstić information content (AvgIpc) is 2.90. The van der Waals surface area contributed by atoms with E-state index in [9.17, 15) is 14.9 Å². The van der Waals surface area contributed by atoms with Crippen LogP contribution in [0.4, 0.5) is 5.69 Å². The molecule has 104 valence electrons. The first-order valence-corrected chi connectivity index (χ1v) is 5.77. The monoisotopic (exact) mass is 275 g/mol. The van der Waals surface area contributed by atoms with Gasteiger partial charge in [0.2, 0.25) is 0 Å². The molecule has 0 unspecified atom stereocenters. The van der Waals surface area contributed by atoms with E-state index in [0.29, 0.717) is 11.3 Å². The number of aromatic carboxylic acids is 1. The Hall–Kier alpha value is -2.83. The van der Waals surface area contributed by atoms with Crippen molar-refractivity contribution < 1.29 is 14.8 Å². The molecule has 0 bridgehead atoms. The van der Waals surface area contributed by atoms with Gasteiger partial charge in [-0.3, -0.25) is 10.1 Å². The molecule has 0 aromatic carbocycles. The zero-order valence-corrected chi connectivity index (χ0v) is 11.0. The standard InChI is InChI=1S/C13H13N3O4/c1-14-8-11(16(19)20)6-10(14)4-3-9-5-12(13(17)18)15(2)7-9/h3-8H,1-2H3,(H,17,18)/b4-3+. The molecule has 2 aromatic heterocycles. The molecule has 2 aromatic rings. The maximum atomic E-state index is 10.9. The fourth-order valence-electron chi connectivity index (χ4n) is 1.90. The number of aromatic nitrogens is 2. The van der Waals surface area contributed by atoms with Crippen LogP contribution >= 0.6 is 0 Å². The van der Waals surface area contributed by atoms with Crippen molar-refractivity contribution >= 4 is 23.8 Å². The molecule has 7 nitrogen and oxygen atoms in total. The van der Waals surface area contributed by atoms with E-state index in [4.69, 9.17) is 5.11 Å². The van der Waals surface area contributed by atoms with Gasteiger partial charge in [-0.25, -0.2) is 4.79 Å². The predicted molar refractivity (Wildman–Crippen MR) is 73.4 cm³/mol. The molecular formula is C13H13N3O4. The van der Waals surface area contributed by atoms with Crippen molar-refractivity contribution in [3.63, 3.8) is 0 Å². The Labute approximate surface area is 114 Å². The zero-order valence-electron chi connectivity index (χ0n) is 11.0. The van der Waals surface area contributed by atoms with Crippen LogP contribution in [-0.4, -0.2) is 25.1 Å². The maximum absolute atomic E-state index is 10.9. The first-order valence-electron chi connectivity index (χ1n) is 5.77. The van der Waals surface area contributed by atoms with Gasteiger partial charge in [0, 0.05) is 32.1 Å². The summed E-state index contributed by atoms with van der Waals surface area (Å²) < 4.78 is 3.14. The lowest BCUT2D eigenvalue weighted by Crippen LogP contribution is -2.02. The highest BCUT2D eigenvalue weighted by atomic mass is 16.6. The Bertz CT molecular complexity index is 709. The van der Waals surface area contributed by atoms with Gasteiger partial charge >= 0.3 is 5.97 Å². The molecule has 0 fully saturated rings. The Morgan fingerprint density at radius 3 is 2.45 bits per heavy atom. The first kappa shape index (κ1) is 13.6. The normalized spacial score (nSPS) is 11.1. The second-order valence-electron chi connectivity index (χ2n) is 4.40. The second kappa shape index (κ2) is 5.04. The van der Waals surface area contributed by atoms with Crippen LogP contribution in [0.2, 0.25) is 0 Å². The number of nitro groups is 1. The smallest absolute Gasteiger partial charge is 0.352 e. The molecule has 1 N–H and O–H groups in total. The predicted octanol–water partition coefficient (Wildman–Crippen LogP) is 2.14. The lowest BCUT2D eigenvalue weighted by molar-refractivity contribution is -0.384. The van der Waals surface area contributed by atoms with E-state index < -0.39 is 10.9 Å². The molecule has 7 heteroatoms. The third kappa shape index (κ3) is 2.61. The van der Waals surface area contributed by atoms with Crippen LogP contribution < -0.4 is 0 Å². The number of rotatable bonds is 4. The van der Waals surface area contributed by atoms with Gasteiger partial charge in [-0.05, 0) is 17.7 Å². The summed E-state index contributed by atoms with van der Waals surface area (Å²) in [5.74, 6) is -0.998. The van der Waals surface area contributed by atoms with Crippen molar-refractivity contribution in [3.05, 3.63) is 51.6 Å². The van der Waals surface area contributed by atoms with Crippen LogP contribution in [0.3, 0.4) is 0 Å². The van der Waals surface area contributed by atoms with Crippen molar-refractivity contribution in [2.24, 2.45) is 14.1 Å². The molecule has 0 radical (unpaired) electrons. The molecule has 0 saturated heterocycles. The van der Waals surface area contributed by atoms with Crippen molar-refractivity contribution in [1.82, 2.24) is 9.13 Å². The minimum atomic E-state index is -0.998. The van der Waals surface area contributed by atoms with Gasteiger partial charge in [-0.15, -0.1) is 0 Å². The van der Waals surface area contributed by atoms with Crippen LogP contribution in [0.25, 0.3) is 12.2 Å². The Morgan fingerprint density at radius 2 is 1.95 bits per heavy atom. The van der Waals surface area contributed by atoms with E-state index in [-0.39, 0.29) is 11.4 Å². The number of carbonyl (C=O) groups is 1.